The smallest absolute Gasteiger partial charge is 0.165 e. The fraction of sp³-hybridized carbons (Fsp3) is 0.294. The molecule has 0 fully saturated rings. The number of aryl methyl sites for hydroxylation is 1. The van der Waals surface area contributed by atoms with Crippen molar-refractivity contribution in [2.45, 2.75) is 26.8 Å². The van der Waals surface area contributed by atoms with Gasteiger partial charge in [-0.05, 0) is 55.8 Å². The van der Waals surface area contributed by atoms with Gasteiger partial charge in [-0.3, -0.25) is 0 Å². The first-order valence-corrected chi connectivity index (χ1v) is 7.36. The largest absolute Gasteiger partial charge is 0.453 e. The van der Waals surface area contributed by atoms with Crippen molar-refractivity contribution in [1.82, 2.24) is 5.32 Å². The molecule has 0 aliphatic carbocycles. The molecule has 0 spiro atoms. The minimum absolute atomic E-state index is 0.185. The predicted molar refractivity (Wildman–Crippen MR) is 84.8 cm³/mol. The lowest BCUT2D eigenvalue weighted by Gasteiger charge is -2.15. The van der Waals surface area contributed by atoms with E-state index in [0.29, 0.717) is 10.8 Å². The van der Waals surface area contributed by atoms with Crippen molar-refractivity contribution in [3.05, 3.63) is 58.4 Å². The minimum atomic E-state index is -0.401. The highest BCUT2D eigenvalue weighted by molar-refractivity contribution is 6.32. The number of nitrogens with one attached hydrogen (secondary N) is 1. The fourth-order valence-corrected chi connectivity index (χ4v) is 2.33. The van der Waals surface area contributed by atoms with E-state index >= 15 is 0 Å². The van der Waals surface area contributed by atoms with E-state index in [0.717, 1.165) is 17.7 Å². The Hall–Kier alpha value is -1.58. The summed E-state index contributed by atoms with van der Waals surface area (Å²) < 4.78 is 19.3. The monoisotopic (exact) mass is 307 g/mol. The van der Waals surface area contributed by atoms with Gasteiger partial charge in [-0.1, -0.05) is 30.7 Å². The van der Waals surface area contributed by atoms with Crippen molar-refractivity contribution in [1.29, 1.82) is 0 Å². The second kappa shape index (κ2) is 6.92. The summed E-state index contributed by atoms with van der Waals surface area (Å²) in [4.78, 5) is 0. The number of rotatable bonds is 5. The second-order valence-electron chi connectivity index (χ2n) is 5.01. The highest BCUT2D eigenvalue weighted by atomic mass is 35.5. The third-order valence-corrected chi connectivity index (χ3v) is 3.57. The van der Waals surface area contributed by atoms with Crippen LogP contribution in [0.15, 0.2) is 36.4 Å². The zero-order valence-corrected chi connectivity index (χ0v) is 13.2. The molecule has 2 aromatic rings. The van der Waals surface area contributed by atoms with E-state index in [-0.39, 0.29) is 11.8 Å². The van der Waals surface area contributed by atoms with Crippen molar-refractivity contribution in [2.75, 3.05) is 6.54 Å². The van der Waals surface area contributed by atoms with Crippen LogP contribution in [0.2, 0.25) is 5.02 Å². The molecule has 0 aliphatic rings. The standard InChI is InChI=1S/C17H19ClFNO/c1-4-20-12(3)13-6-8-16(14(18)10-13)21-17-9-11(2)5-7-15(17)19/h5-10,12,20H,4H2,1-3H3. The molecule has 0 bridgehead atoms. The summed E-state index contributed by atoms with van der Waals surface area (Å²) in [6, 6.07) is 10.5. The predicted octanol–water partition coefficient (Wildman–Crippen LogP) is 5.25. The molecule has 1 atom stereocenters. The molecular formula is C17H19ClFNO. The number of halogens is 2. The van der Waals surface area contributed by atoms with Gasteiger partial charge in [0.1, 0.15) is 5.75 Å². The van der Waals surface area contributed by atoms with Crippen LogP contribution in [0.25, 0.3) is 0 Å². The van der Waals surface area contributed by atoms with Gasteiger partial charge in [0.15, 0.2) is 11.6 Å². The maximum Gasteiger partial charge on any atom is 0.165 e. The highest BCUT2D eigenvalue weighted by Crippen LogP contribution is 2.33. The van der Waals surface area contributed by atoms with Gasteiger partial charge in [0, 0.05) is 6.04 Å². The first-order chi connectivity index (χ1) is 10.0. The molecule has 4 heteroatoms. The van der Waals surface area contributed by atoms with Crippen molar-refractivity contribution in [2.24, 2.45) is 0 Å². The zero-order valence-electron chi connectivity index (χ0n) is 12.4. The van der Waals surface area contributed by atoms with Crippen molar-refractivity contribution in [3.8, 4) is 11.5 Å². The number of benzene rings is 2. The van der Waals surface area contributed by atoms with Crippen LogP contribution < -0.4 is 10.1 Å². The Bertz CT molecular complexity index is 630. The number of hydrogen-bond donors (Lipinski definition) is 1. The third-order valence-electron chi connectivity index (χ3n) is 3.27. The Morgan fingerprint density at radius 1 is 1.19 bits per heavy atom. The summed E-state index contributed by atoms with van der Waals surface area (Å²) in [5, 5.41) is 3.79. The molecule has 2 rings (SSSR count). The maximum absolute atomic E-state index is 13.7. The topological polar surface area (TPSA) is 21.3 Å². The SMILES string of the molecule is CCNC(C)c1ccc(Oc2cc(C)ccc2F)c(Cl)c1. The molecule has 1 unspecified atom stereocenters. The molecule has 0 aromatic heterocycles. The fourth-order valence-electron chi connectivity index (χ4n) is 2.10. The Morgan fingerprint density at radius 2 is 1.95 bits per heavy atom. The molecule has 0 saturated carbocycles. The second-order valence-corrected chi connectivity index (χ2v) is 5.41. The molecule has 0 heterocycles. The van der Waals surface area contributed by atoms with Crippen molar-refractivity contribution >= 4 is 11.6 Å². The summed E-state index contributed by atoms with van der Waals surface area (Å²) in [6.45, 7) is 6.88. The van der Waals surface area contributed by atoms with Crippen molar-refractivity contribution < 1.29 is 9.13 Å². The molecule has 0 aliphatic heterocycles. The molecule has 21 heavy (non-hydrogen) atoms. The van der Waals surface area contributed by atoms with Crippen LogP contribution in [0.3, 0.4) is 0 Å². The first-order valence-electron chi connectivity index (χ1n) is 6.98. The van der Waals surface area contributed by atoms with Crippen LogP contribution in [-0.4, -0.2) is 6.54 Å². The maximum atomic E-state index is 13.7. The molecule has 0 amide bonds. The number of ether oxygens (including phenoxy) is 1. The van der Waals surface area contributed by atoms with E-state index in [1.807, 2.05) is 19.1 Å². The quantitative estimate of drug-likeness (QED) is 0.814. The number of hydrogen-bond acceptors (Lipinski definition) is 2. The van der Waals surface area contributed by atoms with E-state index in [1.54, 1.807) is 18.2 Å². The van der Waals surface area contributed by atoms with Crippen LogP contribution in [0.4, 0.5) is 4.39 Å². The van der Waals surface area contributed by atoms with Gasteiger partial charge in [0.05, 0.1) is 5.02 Å². The van der Waals surface area contributed by atoms with Gasteiger partial charge in [-0.25, -0.2) is 4.39 Å². The van der Waals surface area contributed by atoms with Gasteiger partial charge in [0.2, 0.25) is 0 Å². The van der Waals surface area contributed by atoms with E-state index in [1.165, 1.54) is 6.07 Å². The summed E-state index contributed by atoms with van der Waals surface area (Å²) >= 11 is 6.24. The Kier molecular flexibility index (Phi) is 5.21. The van der Waals surface area contributed by atoms with Gasteiger partial charge in [-0.2, -0.15) is 0 Å². The lowest BCUT2D eigenvalue weighted by Crippen LogP contribution is -2.17. The minimum Gasteiger partial charge on any atom is -0.453 e. The normalized spacial score (nSPS) is 12.2. The van der Waals surface area contributed by atoms with E-state index in [4.69, 9.17) is 16.3 Å². The Balaban J connectivity index is 2.23. The lowest BCUT2D eigenvalue weighted by atomic mass is 10.1. The van der Waals surface area contributed by atoms with Crippen LogP contribution >= 0.6 is 11.6 Å². The van der Waals surface area contributed by atoms with Crippen molar-refractivity contribution in [3.63, 3.8) is 0 Å². The van der Waals surface area contributed by atoms with Gasteiger partial charge >= 0.3 is 0 Å². The van der Waals surface area contributed by atoms with Gasteiger partial charge < -0.3 is 10.1 Å². The van der Waals surface area contributed by atoms with Gasteiger partial charge in [0.25, 0.3) is 0 Å². The van der Waals surface area contributed by atoms with Gasteiger partial charge in [-0.15, -0.1) is 0 Å². The van der Waals surface area contributed by atoms with Crippen LogP contribution in [0.5, 0.6) is 11.5 Å². The van der Waals surface area contributed by atoms with Crippen LogP contribution in [-0.2, 0) is 0 Å². The average Bonchev–Trinajstić information content (AvgIpc) is 2.45. The summed E-state index contributed by atoms with van der Waals surface area (Å²) in [5.74, 6) is 0.236. The summed E-state index contributed by atoms with van der Waals surface area (Å²) in [5.41, 5.74) is 2.00. The highest BCUT2D eigenvalue weighted by Gasteiger charge is 2.11. The van der Waals surface area contributed by atoms with E-state index in [2.05, 4.69) is 19.2 Å². The molecule has 2 nitrogen and oxygen atoms in total. The van der Waals surface area contributed by atoms with E-state index in [9.17, 15) is 4.39 Å². The zero-order chi connectivity index (χ0) is 15.4. The molecule has 1 N–H and O–H groups in total. The lowest BCUT2D eigenvalue weighted by molar-refractivity contribution is 0.441. The Morgan fingerprint density at radius 3 is 2.62 bits per heavy atom. The molecule has 0 saturated heterocycles. The molecule has 0 radical (unpaired) electrons. The summed E-state index contributed by atoms with van der Waals surface area (Å²) in [6.07, 6.45) is 0. The molecule has 2 aromatic carbocycles. The molecular weight excluding hydrogens is 289 g/mol. The van der Waals surface area contributed by atoms with E-state index < -0.39 is 5.82 Å². The Labute approximate surface area is 129 Å². The van der Waals surface area contributed by atoms with Crippen LogP contribution in [0, 0.1) is 12.7 Å². The third kappa shape index (κ3) is 3.96. The first kappa shape index (κ1) is 15.8. The van der Waals surface area contributed by atoms with Crippen LogP contribution in [0.1, 0.15) is 31.0 Å². The average molecular weight is 308 g/mol. The molecule has 112 valence electrons. The summed E-state index contributed by atoms with van der Waals surface area (Å²) in [7, 11) is 0.